The third kappa shape index (κ3) is 2.99. The number of carboxylic acid groups (broad SMARTS) is 1. The van der Waals surface area contributed by atoms with Crippen molar-refractivity contribution in [1.29, 1.82) is 0 Å². The topological polar surface area (TPSA) is 66.8 Å². The van der Waals surface area contributed by atoms with E-state index in [1.165, 1.54) is 4.90 Å². The van der Waals surface area contributed by atoms with E-state index >= 15 is 0 Å². The summed E-state index contributed by atoms with van der Waals surface area (Å²) < 4.78 is 19.9. The van der Waals surface area contributed by atoms with Gasteiger partial charge in [-0.3, -0.25) is 4.79 Å². The molecule has 4 rings (SSSR count). The smallest absolute Gasteiger partial charge is 0.343 e. The Balaban J connectivity index is 1.62. The number of nitrogens with zero attached hydrogens (tertiary/aromatic N) is 1. The highest BCUT2D eigenvalue weighted by atomic mass is 19.1. The summed E-state index contributed by atoms with van der Waals surface area (Å²) in [5, 5.41) is 9.17. The van der Waals surface area contributed by atoms with Crippen LogP contribution in [0.5, 0.6) is 5.75 Å². The summed E-state index contributed by atoms with van der Waals surface area (Å²) in [6, 6.07) is 7.77. The Hall–Kier alpha value is -2.11. The second-order valence-electron chi connectivity index (χ2n) is 8.51. The third-order valence-corrected chi connectivity index (χ3v) is 6.95. The van der Waals surface area contributed by atoms with E-state index in [4.69, 9.17) is 4.74 Å². The Kier molecular flexibility index (Phi) is 4.40. The number of hydrogen-bond acceptors (Lipinski definition) is 3. The molecule has 3 fully saturated rings. The number of rotatable bonds is 5. The van der Waals surface area contributed by atoms with Crippen LogP contribution in [0.2, 0.25) is 0 Å². The van der Waals surface area contributed by atoms with Gasteiger partial charge in [0.1, 0.15) is 5.75 Å². The monoisotopic (exact) mass is 375 g/mol. The molecule has 6 heteroatoms. The van der Waals surface area contributed by atoms with Gasteiger partial charge in [0.25, 0.3) is 0 Å². The van der Waals surface area contributed by atoms with Crippen molar-refractivity contribution in [2.24, 2.45) is 17.3 Å². The van der Waals surface area contributed by atoms with Crippen LogP contribution in [0.1, 0.15) is 37.7 Å². The lowest BCUT2D eigenvalue weighted by molar-refractivity contribution is -0.151. The summed E-state index contributed by atoms with van der Waals surface area (Å²) in [4.78, 5) is 26.3. The fourth-order valence-electron chi connectivity index (χ4n) is 5.58. The van der Waals surface area contributed by atoms with Gasteiger partial charge in [-0.15, -0.1) is 0 Å². The molecule has 5 nitrogen and oxygen atoms in total. The molecular weight excluding hydrogens is 349 g/mol. The molecule has 1 heterocycles. The van der Waals surface area contributed by atoms with Gasteiger partial charge in [0.05, 0.1) is 19.1 Å². The average Bonchev–Trinajstić information content (AvgIpc) is 3.36. The van der Waals surface area contributed by atoms with Gasteiger partial charge in [-0.2, -0.15) is 0 Å². The van der Waals surface area contributed by atoms with Crippen molar-refractivity contribution in [3.05, 3.63) is 29.8 Å². The van der Waals surface area contributed by atoms with Gasteiger partial charge in [-0.1, -0.05) is 18.6 Å². The molecule has 1 saturated heterocycles. The normalized spacial score (nSPS) is 34.8. The average molecular weight is 375 g/mol. The van der Waals surface area contributed by atoms with Crippen molar-refractivity contribution in [3.8, 4) is 5.75 Å². The number of alkyl halides is 1. The maximum atomic E-state index is 14.6. The number of likely N-dealkylation sites (tertiary alicyclic amines) is 1. The first-order chi connectivity index (χ1) is 12.9. The molecule has 2 saturated carbocycles. The Morgan fingerprint density at radius 1 is 1.37 bits per heavy atom. The number of methoxy groups -OCH3 is 1. The molecule has 1 N–H and O–H groups in total. The summed E-state index contributed by atoms with van der Waals surface area (Å²) in [5.41, 5.74) is -1.82. The molecule has 1 aliphatic heterocycles. The molecule has 2 aliphatic carbocycles. The van der Waals surface area contributed by atoms with E-state index in [1.807, 2.05) is 24.3 Å². The highest BCUT2D eigenvalue weighted by molar-refractivity contribution is 5.87. The molecule has 146 valence electrons. The van der Waals surface area contributed by atoms with E-state index in [0.717, 1.165) is 37.0 Å². The molecule has 2 bridgehead atoms. The number of halogens is 1. The maximum Gasteiger partial charge on any atom is 0.343 e. The highest BCUT2D eigenvalue weighted by Crippen LogP contribution is 2.58. The van der Waals surface area contributed by atoms with Crippen molar-refractivity contribution >= 4 is 11.9 Å². The minimum atomic E-state index is -2.32. The molecule has 0 spiro atoms. The van der Waals surface area contributed by atoms with Gasteiger partial charge < -0.3 is 14.7 Å². The van der Waals surface area contributed by atoms with Gasteiger partial charge >= 0.3 is 5.97 Å². The summed E-state index contributed by atoms with van der Waals surface area (Å²) in [6.45, 7) is -0.155. The van der Waals surface area contributed by atoms with Crippen LogP contribution in [0.3, 0.4) is 0 Å². The Labute approximate surface area is 158 Å². The second kappa shape index (κ2) is 6.50. The minimum Gasteiger partial charge on any atom is -0.497 e. The molecule has 1 amide bonds. The zero-order valence-electron chi connectivity index (χ0n) is 15.6. The second-order valence-corrected chi connectivity index (χ2v) is 8.51. The standard InChI is InChI=1S/C21H26FNO4/c1-27-17-4-2-3-14(10-17)11-20(12-15-5-6-16(20)9-15)18(24)23-8-7-21(22,13-23)19(25)26/h2-4,10,15-16H,5-9,11-13H2,1H3,(H,25,26). The predicted molar refractivity (Wildman–Crippen MR) is 97.3 cm³/mol. The third-order valence-electron chi connectivity index (χ3n) is 6.95. The molecular formula is C21H26FNO4. The predicted octanol–water partition coefficient (Wildman–Crippen LogP) is 3.07. The first-order valence-electron chi connectivity index (χ1n) is 9.71. The van der Waals surface area contributed by atoms with E-state index in [1.54, 1.807) is 7.11 Å². The van der Waals surface area contributed by atoms with Crippen LogP contribution >= 0.6 is 0 Å². The number of carbonyl (C=O) groups excluding carboxylic acids is 1. The summed E-state index contributed by atoms with van der Waals surface area (Å²) in [5.74, 6) is 0.0707. The van der Waals surface area contributed by atoms with E-state index in [2.05, 4.69) is 0 Å². The quantitative estimate of drug-likeness (QED) is 0.859. The first-order valence-corrected chi connectivity index (χ1v) is 9.71. The highest BCUT2D eigenvalue weighted by Gasteiger charge is 2.58. The van der Waals surface area contributed by atoms with E-state index in [-0.39, 0.29) is 25.4 Å². The van der Waals surface area contributed by atoms with Crippen LogP contribution in [-0.4, -0.2) is 47.8 Å². The number of carbonyl (C=O) groups is 2. The molecule has 4 unspecified atom stereocenters. The lowest BCUT2D eigenvalue weighted by atomic mass is 9.68. The fraction of sp³-hybridized carbons (Fsp3) is 0.619. The van der Waals surface area contributed by atoms with Crippen LogP contribution in [0.25, 0.3) is 0 Å². The largest absolute Gasteiger partial charge is 0.497 e. The number of hydrogen-bond donors (Lipinski definition) is 1. The van der Waals surface area contributed by atoms with Crippen molar-refractivity contribution in [2.45, 2.75) is 44.2 Å². The molecule has 0 radical (unpaired) electrons. The number of aliphatic carboxylic acids is 1. The van der Waals surface area contributed by atoms with Gasteiger partial charge in [0, 0.05) is 13.0 Å². The lowest BCUT2D eigenvalue weighted by Gasteiger charge is -2.39. The Bertz CT molecular complexity index is 768. The number of ether oxygens (including phenoxy) is 1. The molecule has 27 heavy (non-hydrogen) atoms. The number of benzene rings is 1. The molecule has 1 aromatic carbocycles. The fourth-order valence-corrected chi connectivity index (χ4v) is 5.58. The van der Waals surface area contributed by atoms with Crippen LogP contribution < -0.4 is 4.74 Å². The van der Waals surface area contributed by atoms with Gasteiger partial charge in [-0.05, 0) is 55.2 Å². The number of fused-ring (bicyclic) bond motifs is 2. The zero-order chi connectivity index (χ0) is 19.2. The van der Waals surface area contributed by atoms with Gasteiger partial charge in [0.15, 0.2) is 0 Å². The molecule has 4 atom stereocenters. The first kappa shape index (κ1) is 18.3. The Morgan fingerprint density at radius 3 is 2.78 bits per heavy atom. The summed E-state index contributed by atoms with van der Waals surface area (Å²) in [7, 11) is 1.62. The van der Waals surface area contributed by atoms with E-state index in [0.29, 0.717) is 18.3 Å². The maximum absolute atomic E-state index is 14.6. The van der Waals surface area contributed by atoms with Gasteiger partial charge in [0.2, 0.25) is 11.6 Å². The van der Waals surface area contributed by atoms with Crippen molar-refractivity contribution < 1.29 is 23.8 Å². The summed E-state index contributed by atoms with van der Waals surface area (Å²) in [6.07, 6.45) is 4.51. The zero-order valence-corrected chi connectivity index (χ0v) is 15.6. The van der Waals surface area contributed by atoms with E-state index < -0.39 is 17.1 Å². The minimum absolute atomic E-state index is 0.0571. The summed E-state index contributed by atoms with van der Waals surface area (Å²) >= 11 is 0. The van der Waals surface area contributed by atoms with E-state index in [9.17, 15) is 19.1 Å². The van der Waals surface area contributed by atoms with Crippen molar-refractivity contribution in [2.75, 3.05) is 20.2 Å². The van der Waals surface area contributed by atoms with Crippen molar-refractivity contribution in [1.82, 2.24) is 4.90 Å². The molecule has 0 aromatic heterocycles. The lowest BCUT2D eigenvalue weighted by Crippen LogP contribution is -2.49. The number of carboxylic acids is 1. The Morgan fingerprint density at radius 2 is 2.19 bits per heavy atom. The van der Waals surface area contributed by atoms with Crippen molar-refractivity contribution in [3.63, 3.8) is 0 Å². The SMILES string of the molecule is COc1cccc(CC2(C(=O)N3CCC(F)(C(=O)O)C3)CC3CCC2C3)c1. The van der Waals surface area contributed by atoms with Crippen LogP contribution in [0, 0.1) is 17.3 Å². The molecule has 1 aromatic rings. The van der Waals surface area contributed by atoms with Crippen LogP contribution in [0.4, 0.5) is 4.39 Å². The van der Waals surface area contributed by atoms with Crippen LogP contribution in [0.15, 0.2) is 24.3 Å². The van der Waals surface area contributed by atoms with Crippen LogP contribution in [-0.2, 0) is 16.0 Å². The molecule has 3 aliphatic rings. The van der Waals surface area contributed by atoms with Gasteiger partial charge in [-0.25, -0.2) is 9.18 Å². The number of amides is 1.